The van der Waals surface area contributed by atoms with Crippen molar-refractivity contribution in [2.75, 3.05) is 18.5 Å². The molecule has 0 atom stereocenters. The molecule has 0 spiro atoms. The van der Waals surface area contributed by atoms with Gasteiger partial charge in [0, 0.05) is 13.2 Å². The van der Waals surface area contributed by atoms with E-state index in [4.69, 9.17) is 5.11 Å². The fraction of sp³-hybridized carbons (Fsp3) is 0.667. The van der Waals surface area contributed by atoms with Crippen LogP contribution in [0.15, 0.2) is 6.33 Å². The molecule has 0 aliphatic carbocycles. The second kappa shape index (κ2) is 5.91. The van der Waals surface area contributed by atoms with Crippen molar-refractivity contribution >= 4 is 5.82 Å². The van der Waals surface area contributed by atoms with Crippen LogP contribution in [0.2, 0.25) is 0 Å². The van der Waals surface area contributed by atoms with E-state index in [1.807, 2.05) is 0 Å². The van der Waals surface area contributed by atoms with Crippen molar-refractivity contribution < 1.29 is 9.50 Å². The summed E-state index contributed by atoms with van der Waals surface area (Å²) in [7, 11) is 0. The standard InChI is InChI=1S/C12H20FN3O/c1-9-10(13)11(16-8-15-9)14-7-12(2,3)5-4-6-17/h8,17H,4-7H2,1-3H3,(H,14,15,16). The summed E-state index contributed by atoms with van der Waals surface area (Å²) in [6, 6.07) is 0. The topological polar surface area (TPSA) is 58.0 Å². The number of aryl methyl sites for hydroxylation is 1. The molecule has 4 nitrogen and oxygen atoms in total. The van der Waals surface area contributed by atoms with Crippen LogP contribution in [0.4, 0.5) is 10.2 Å². The van der Waals surface area contributed by atoms with Crippen LogP contribution in [0.3, 0.4) is 0 Å². The molecule has 0 bridgehead atoms. The van der Waals surface area contributed by atoms with E-state index in [-0.39, 0.29) is 17.8 Å². The van der Waals surface area contributed by atoms with Gasteiger partial charge in [-0.15, -0.1) is 0 Å². The number of nitrogens with zero attached hydrogens (tertiary/aromatic N) is 2. The average Bonchev–Trinajstić information content (AvgIpc) is 2.29. The molecule has 0 amide bonds. The lowest BCUT2D eigenvalue weighted by Gasteiger charge is -2.25. The lowest BCUT2D eigenvalue weighted by molar-refractivity contribution is 0.247. The summed E-state index contributed by atoms with van der Waals surface area (Å²) in [6.45, 7) is 6.55. The Morgan fingerprint density at radius 3 is 2.76 bits per heavy atom. The summed E-state index contributed by atoms with van der Waals surface area (Å²) in [6.07, 6.45) is 2.98. The number of halogens is 1. The maximum absolute atomic E-state index is 13.6. The third-order valence-electron chi connectivity index (χ3n) is 2.71. The molecule has 2 N–H and O–H groups in total. The first-order chi connectivity index (χ1) is 7.96. The maximum atomic E-state index is 13.6. The Bertz CT molecular complexity index is 369. The van der Waals surface area contributed by atoms with Gasteiger partial charge in [0.2, 0.25) is 0 Å². The predicted octanol–water partition coefficient (Wildman–Crippen LogP) is 2.13. The summed E-state index contributed by atoms with van der Waals surface area (Å²) in [5.41, 5.74) is 0.337. The molecule has 0 aromatic carbocycles. The minimum absolute atomic E-state index is 0.00593. The van der Waals surface area contributed by atoms with Crippen LogP contribution < -0.4 is 5.32 Å². The lowest BCUT2D eigenvalue weighted by Crippen LogP contribution is -2.24. The van der Waals surface area contributed by atoms with E-state index in [0.29, 0.717) is 12.2 Å². The van der Waals surface area contributed by atoms with E-state index in [1.165, 1.54) is 6.33 Å². The van der Waals surface area contributed by atoms with Crippen molar-refractivity contribution in [1.82, 2.24) is 9.97 Å². The first-order valence-corrected chi connectivity index (χ1v) is 5.78. The highest BCUT2D eigenvalue weighted by Crippen LogP contribution is 2.23. The fourth-order valence-electron chi connectivity index (χ4n) is 1.55. The molecule has 0 aliphatic heterocycles. The zero-order chi connectivity index (χ0) is 12.9. The highest BCUT2D eigenvalue weighted by molar-refractivity contribution is 5.36. The third kappa shape index (κ3) is 4.26. The smallest absolute Gasteiger partial charge is 0.186 e. The number of rotatable bonds is 6. The van der Waals surface area contributed by atoms with Gasteiger partial charge in [0.1, 0.15) is 6.33 Å². The fourth-order valence-corrected chi connectivity index (χ4v) is 1.55. The van der Waals surface area contributed by atoms with Crippen molar-refractivity contribution in [3.05, 3.63) is 17.8 Å². The third-order valence-corrected chi connectivity index (χ3v) is 2.71. The predicted molar refractivity (Wildman–Crippen MR) is 65.3 cm³/mol. The van der Waals surface area contributed by atoms with Crippen molar-refractivity contribution in [2.45, 2.75) is 33.6 Å². The number of nitrogens with one attached hydrogen (secondary N) is 1. The summed E-state index contributed by atoms with van der Waals surface area (Å²) in [5.74, 6) is -0.153. The minimum Gasteiger partial charge on any atom is -0.396 e. The van der Waals surface area contributed by atoms with Crippen LogP contribution in [-0.2, 0) is 0 Å². The summed E-state index contributed by atoms with van der Waals surface area (Å²) < 4.78 is 13.6. The van der Waals surface area contributed by atoms with E-state index in [1.54, 1.807) is 6.92 Å². The molecule has 0 aliphatic rings. The van der Waals surface area contributed by atoms with Gasteiger partial charge in [0.05, 0.1) is 5.69 Å². The molecular weight excluding hydrogens is 221 g/mol. The number of hydrogen-bond acceptors (Lipinski definition) is 4. The largest absolute Gasteiger partial charge is 0.396 e. The van der Waals surface area contributed by atoms with Gasteiger partial charge in [0.25, 0.3) is 0 Å². The zero-order valence-electron chi connectivity index (χ0n) is 10.6. The molecule has 0 radical (unpaired) electrons. The molecule has 1 heterocycles. The number of aliphatic hydroxyl groups excluding tert-OH is 1. The molecule has 1 rings (SSSR count). The van der Waals surface area contributed by atoms with Crippen LogP contribution in [0.5, 0.6) is 0 Å². The van der Waals surface area contributed by atoms with E-state index < -0.39 is 5.82 Å². The van der Waals surface area contributed by atoms with Crippen molar-refractivity contribution in [1.29, 1.82) is 0 Å². The number of aromatic nitrogens is 2. The van der Waals surface area contributed by atoms with Gasteiger partial charge in [-0.1, -0.05) is 13.8 Å². The molecule has 0 unspecified atom stereocenters. The van der Waals surface area contributed by atoms with Crippen LogP contribution in [0.25, 0.3) is 0 Å². The van der Waals surface area contributed by atoms with Gasteiger partial charge in [-0.2, -0.15) is 0 Å². The Morgan fingerprint density at radius 1 is 1.41 bits per heavy atom. The molecule has 17 heavy (non-hydrogen) atoms. The van der Waals surface area contributed by atoms with Crippen molar-refractivity contribution in [3.8, 4) is 0 Å². The Labute approximate surface area is 101 Å². The lowest BCUT2D eigenvalue weighted by atomic mass is 9.88. The van der Waals surface area contributed by atoms with Crippen LogP contribution in [0, 0.1) is 18.2 Å². The van der Waals surface area contributed by atoms with Crippen molar-refractivity contribution in [2.24, 2.45) is 5.41 Å². The normalized spacial score (nSPS) is 11.6. The van der Waals surface area contributed by atoms with Gasteiger partial charge >= 0.3 is 0 Å². The summed E-state index contributed by atoms with van der Waals surface area (Å²) in [5, 5.41) is 11.8. The van der Waals surface area contributed by atoms with Crippen molar-refractivity contribution in [3.63, 3.8) is 0 Å². The van der Waals surface area contributed by atoms with E-state index >= 15 is 0 Å². The SMILES string of the molecule is Cc1ncnc(NCC(C)(C)CCCO)c1F. The van der Waals surface area contributed by atoms with Gasteiger partial charge in [0.15, 0.2) is 11.6 Å². The van der Waals surface area contributed by atoms with Gasteiger partial charge in [-0.25, -0.2) is 14.4 Å². The van der Waals surface area contributed by atoms with Crippen LogP contribution >= 0.6 is 0 Å². The first kappa shape index (κ1) is 13.8. The highest BCUT2D eigenvalue weighted by atomic mass is 19.1. The summed E-state index contributed by atoms with van der Waals surface area (Å²) >= 11 is 0. The number of hydrogen-bond donors (Lipinski definition) is 2. The Morgan fingerprint density at radius 2 is 2.12 bits per heavy atom. The van der Waals surface area contributed by atoms with E-state index in [9.17, 15) is 4.39 Å². The molecule has 1 aromatic heterocycles. The minimum atomic E-state index is -0.398. The van der Waals surface area contributed by atoms with Crippen LogP contribution in [-0.4, -0.2) is 28.2 Å². The highest BCUT2D eigenvalue weighted by Gasteiger charge is 2.18. The second-order valence-corrected chi connectivity index (χ2v) is 4.97. The Kier molecular flexibility index (Phi) is 4.81. The monoisotopic (exact) mass is 241 g/mol. The van der Waals surface area contributed by atoms with Gasteiger partial charge in [-0.3, -0.25) is 0 Å². The average molecular weight is 241 g/mol. The molecule has 1 aromatic rings. The molecule has 0 fully saturated rings. The maximum Gasteiger partial charge on any atom is 0.186 e. The number of aliphatic hydroxyl groups is 1. The molecule has 0 saturated carbocycles. The molecule has 5 heteroatoms. The van der Waals surface area contributed by atoms with E-state index in [2.05, 4.69) is 29.1 Å². The summed E-state index contributed by atoms with van der Waals surface area (Å²) in [4.78, 5) is 7.65. The molecule has 0 saturated heterocycles. The van der Waals surface area contributed by atoms with E-state index in [0.717, 1.165) is 12.8 Å². The van der Waals surface area contributed by atoms with Gasteiger partial charge in [-0.05, 0) is 25.2 Å². The Balaban J connectivity index is 2.58. The first-order valence-electron chi connectivity index (χ1n) is 5.78. The van der Waals surface area contributed by atoms with Gasteiger partial charge < -0.3 is 10.4 Å². The van der Waals surface area contributed by atoms with Crippen LogP contribution in [0.1, 0.15) is 32.4 Å². The number of anilines is 1. The molecule has 96 valence electrons. The second-order valence-electron chi connectivity index (χ2n) is 4.97. The molecular formula is C12H20FN3O. The zero-order valence-corrected chi connectivity index (χ0v) is 10.6. The quantitative estimate of drug-likeness (QED) is 0.801. The Hall–Kier alpha value is -1.23.